The van der Waals surface area contributed by atoms with E-state index in [-0.39, 0.29) is 20.1 Å². The molecule has 5 aromatic heterocycles. The summed E-state index contributed by atoms with van der Waals surface area (Å²) in [7, 11) is 0. The summed E-state index contributed by atoms with van der Waals surface area (Å²) in [6.07, 6.45) is 14.7. The average molecular weight is 652 g/mol. The van der Waals surface area contributed by atoms with Gasteiger partial charge in [0.15, 0.2) is 0 Å². The van der Waals surface area contributed by atoms with Crippen LogP contribution in [0.4, 0.5) is 8.78 Å². The Balaban J connectivity index is 0.000000242. The molecule has 12 heteroatoms. The smallest absolute Gasteiger partial charge is 0.135 e. The van der Waals surface area contributed by atoms with Crippen molar-refractivity contribution in [2.24, 2.45) is 0 Å². The molecular formula is C23H19F2IrN9-4. The van der Waals surface area contributed by atoms with Gasteiger partial charge in [-0.3, -0.25) is 4.98 Å². The standard InChI is InChI=1S/C11H7F2N.4C3H3N2.Ir/c12-8-4-5-9(10(13)7-8)11-3-1-2-6-14-11;4*1-2-4-5-3-1;/h1-7H;4*1-3H;/q;4*-1;. The largest absolute Gasteiger partial charge is 0.582 e. The molecule has 0 aliphatic heterocycles. The van der Waals surface area contributed by atoms with Crippen LogP contribution in [0.3, 0.4) is 0 Å². The minimum absolute atomic E-state index is 0. The summed E-state index contributed by atoms with van der Waals surface area (Å²) in [4.78, 5) is 3.98. The maximum absolute atomic E-state index is 13.3. The summed E-state index contributed by atoms with van der Waals surface area (Å²) in [6.45, 7) is 0. The number of hydrogen-bond donors (Lipinski definition) is 0. The van der Waals surface area contributed by atoms with Gasteiger partial charge in [0.1, 0.15) is 11.6 Å². The number of aromatic nitrogens is 9. The van der Waals surface area contributed by atoms with Gasteiger partial charge in [-0.25, -0.2) is 8.78 Å². The zero-order valence-corrected chi connectivity index (χ0v) is 20.5. The fourth-order valence-electron chi connectivity index (χ4n) is 1.99. The number of pyridine rings is 1. The second-order valence-corrected chi connectivity index (χ2v) is 5.73. The average Bonchev–Trinajstić information content (AvgIpc) is 3.72. The second-order valence-electron chi connectivity index (χ2n) is 5.73. The van der Waals surface area contributed by atoms with Gasteiger partial charge in [0, 0.05) is 62.7 Å². The summed E-state index contributed by atoms with van der Waals surface area (Å²) in [6, 6.07) is 15.7. The Kier molecular flexibility index (Phi) is 15.8. The first-order chi connectivity index (χ1) is 16.8. The van der Waals surface area contributed by atoms with E-state index in [1.165, 1.54) is 12.1 Å². The van der Waals surface area contributed by atoms with Crippen LogP contribution >= 0.6 is 0 Å². The number of nitrogens with zero attached hydrogens (tertiary/aromatic N) is 9. The zero-order chi connectivity index (χ0) is 24.1. The number of hydrogen-bond acceptors (Lipinski definition) is 5. The van der Waals surface area contributed by atoms with Crippen LogP contribution in [0.25, 0.3) is 11.3 Å². The van der Waals surface area contributed by atoms with E-state index >= 15 is 0 Å². The van der Waals surface area contributed by atoms with Gasteiger partial charge in [0.2, 0.25) is 0 Å². The summed E-state index contributed by atoms with van der Waals surface area (Å²) in [5, 5.41) is 27.8. The molecule has 0 amide bonds. The van der Waals surface area contributed by atoms with E-state index in [1.807, 2.05) is 0 Å². The van der Waals surface area contributed by atoms with Crippen LogP contribution in [0.1, 0.15) is 0 Å². The molecule has 35 heavy (non-hydrogen) atoms. The van der Waals surface area contributed by atoms with Crippen molar-refractivity contribution in [1.82, 2.24) is 45.8 Å². The van der Waals surface area contributed by atoms with Crippen LogP contribution in [0.5, 0.6) is 0 Å². The summed E-state index contributed by atoms with van der Waals surface area (Å²) < 4.78 is 25.9. The van der Waals surface area contributed by atoms with Gasteiger partial charge in [-0.15, -0.1) is 0 Å². The third-order valence-electron chi connectivity index (χ3n) is 3.36. The van der Waals surface area contributed by atoms with Crippen molar-refractivity contribution >= 4 is 0 Å². The molecule has 0 fully saturated rings. The van der Waals surface area contributed by atoms with Gasteiger partial charge in [-0.1, -0.05) is 30.3 Å². The number of halogens is 2. The van der Waals surface area contributed by atoms with Crippen molar-refractivity contribution in [2.45, 2.75) is 0 Å². The third kappa shape index (κ3) is 13.8. The SMILES string of the molecule is Fc1ccc(-c2ccccn2)c(F)c1.[Ir].c1cn[n-]c1.c1cn[n-]c1.c1cn[n-]c1.c1cn[n-]c1. The van der Waals surface area contributed by atoms with Gasteiger partial charge >= 0.3 is 0 Å². The first-order valence-electron chi connectivity index (χ1n) is 9.67. The maximum Gasteiger partial charge on any atom is 0.135 e. The first-order valence-corrected chi connectivity index (χ1v) is 9.67. The molecule has 0 spiro atoms. The van der Waals surface area contributed by atoms with E-state index < -0.39 is 11.6 Å². The van der Waals surface area contributed by atoms with Gasteiger partial charge in [0.25, 0.3) is 0 Å². The molecule has 0 aliphatic rings. The molecular weight excluding hydrogens is 633 g/mol. The van der Waals surface area contributed by atoms with Crippen molar-refractivity contribution in [3.05, 3.63) is 128 Å². The van der Waals surface area contributed by atoms with E-state index in [4.69, 9.17) is 0 Å². The monoisotopic (exact) mass is 652 g/mol. The van der Waals surface area contributed by atoms with Crippen LogP contribution < -0.4 is 20.4 Å². The zero-order valence-electron chi connectivity index (χ0n) is 18.1. The second kappa shape index (κ2) is 19.2. The number of benzene rings is 1. The fraction of sp³-hybridized carbons (Fsp3) is 0. The van der Waals surface area contributed by atoms with Crippen LogP contribution in [0, 0.1) is 11.6 Å². The van der Waals surface area contributed by atoms with Crippen molar-refractivity contribution < 1.29 is 28.9 Å². The minimum atomic E-state index is -0.594. The molecule has 0 aliphatic carbocycles. The Morgan fingerprint density at radius 1 is 0.543 bits per heavy atom. The topological polar surface area (TPSA) is 121 Å². The summed E-state index contributed by atoms with van der Waals surface area (Å²) in [5.41, 5.74) is 0.817. The normalized spacial score (nSPS) is 8.63. The molecule has 0 unspecified atom stereocenters. The van der Waals surface area contributed by atoms with E-state index in [2.05, 4.69) is 45.8 Å². The Hall–Kier alpha value is -4.28. The van der Waals surface area contributed by atoms with Crippen LogP contribution in [0.2, 0.25) is 0 Å². The van der Waals surface area contributed by atoms with Crippen molar-refractivity contribution in [1.29, 1.82) is 0 Å². The molecule has 1 radical (unpaired) electrons. The molecule has 5 heterocycles. The Morgan fingerprint density at radius 2 is 1.03 bits per heavy atom. The quantitative estimate of drug-likeness (QED) is 0.264. The van der Waals surface area contributed by atoms with Gasteiger partial charge < -0.3 is 40.8 Å². The van der Waals surface area contributed by atoms with Gasteiger partial charge in [0.05, 0.1) is 5.69 Å². The molecule has 6 rings (SSSR count). The van der Waals surface area contributed by atoms with E-state index in [0.29, 0.717) is 11.3 Å². The molecule has 0 N–H and O–H groups in total. The first kappa shape index (κ1) is 28.8. The molecule has 1 aromatic carbocycles. The predicted octanol–water partition coefficient (Wildman–Crippen LogP) is 3.18. The third-order valence-corrected chi connectivity index (χ3v) is 3.36. The molecule has 183 valence electrons. The van der Waals surface area contributed by atoms with Crippen LogP contribution in [-0.4, -0.2) is 25.4 Å². The summed E-state index contributed by atoms with van der Waals surface area (Å²) >= 11 is 0. The minimum Gasteiger partial charge on any atom is -0.582 e. The van der Waals surface area contributed by atoms with Crippen molar-refractivity contribution in [3.8, 4) is 11.3 Å². The Bertz CT molecular complexity index is 994. The summed E-state index contributed by atoms with van der Waals surface area (Å²) in [5.74, 6) is -1.18. The maximum atomic E-state index is 13.3. The van der Waals surface area contributed by atoms with Crippen molar-refractivity contribution in [2.75, 3.05) is 0 Å². The molecule has 6 aromatic rings. The Labute approximate surface area is 213 Å². The van der Waals surface area contributed by atoms with Gasteiger partial charge in [-0.2, -0.15) is 24.8 Å². The molecule has 0 atom stereocenters. The van der Waals surface area contributed by atoms with E-state index in [0.717, 1.165) is 6.07 Å². The van der Waals surface area contributed by atoms with Crippen LogP contribution in [0.15, 0.2) is 116 Å². The molecule has 0 saturated heterocycles. The van der Waals surface area contributed by atoms with Crippen LogP contribution in [-0.2, 0) is 20.1 Å². The molecule has 0 saturated carbocycles. The predicted molar refractivity (Wildman–Crippen MR) is 120 cm³/mol. The van der Waals surface area contributed by atoms with E-state index in [1.54, 1.807) is 98.2 Å². The number of rotatable bonds is 1. The Morgan fingerprint density at radius 3 is 1.31 bits per heavy atom. The van der Waals surface area contributed by atoms with Crippen molar-refractivity contribution in [3.63, 3.8) is 0 Å². The van der Waals surface area contributed by atoms with Gasteiger partial charge in [-0.05, 0) is 24.3 Å². The fourth-order valence-corrected chi connectivity index (χ4v) is 1.99. The van der Waals surface area contributed by atoms with E-state index in [9.17, 15) is 8.78 Å². The molecule has 9 nitrogen and oxygen atoms in total. The molecule has 0 bridgehead atoms.